The number of ether oxygens (including phenoxy) is 1. The van der Waals surface area contributed by atoms with E-state index in [2.05, 4.69) is 4.98 Å². The fourth-order valence-corrected chi connectivity index (χ4v) is 1.69. The summed E-state index contributed by atoms with van der Waals surface area (Å²) in [4.78, 5) is 26.0. The number of non-ortho nitro benzene ring substituents is 1. The van der Waals surface area contributed by atoms with Crippen molar-refractivity contribution in [3.05, 3.63) is 34.6 Å². The monoisotopic (exact) mass is 263 g/mol. The molecule has 2 rings (SSSR count). The van der Waals surface area contributed by atoms with E-state index in [0.29, 0.717) is 12.1 Å². The van der Waals surface area contributed by atoms with Gasteiger partial charge in [-0.2, -0.15) is 0 Å². The Morgan fingerprint density at radius 3 is 3.00 bits per heavy atom. The summed E-state index contributed by atoms with van der Waals surface area (Å²) in [5, 5.41) is 10.8. The van der Waals surface area contributed by atoms with Gasteiger partial charge in [-0.15, -0.1) is 0 Å². The second-order valence-corrected chi connectivity index (χ2v) is 3.98. The molecule has 0 saturated carbocycles. The van der Waals surface area contributed by atoms with Gasteiger partial charge in [-0.25, -0.2) is 14.3 Å². The number of carbonyl (C=O) groups excluding carboxylic acids is 1. The number of hydrogen-bond donors (Lipinski definition) is 0. The molecule has 7 heteroatoms. The van der Waals surface area contributed by atoms with Crippen LogP contribution in [0.4, 0.5) is 10.5 Å². The van der Waals surface area contributed by atoms with Gasteiger partial charge in [0.05, 0.1) is 17.0 Å². The lowest BCUT2D eigenvalue weighted by Crippen LogP contribution is -2.13. The van der Waals surface area contributed by atoms with Crippen molar-refractivity contribution >= 4 is 22.8 Å². The van der Waals surface area contributed by atoms with Crippen LogP contribution in [0, 0.1) is 10.1 Å². The number of carbonyl (C=O) groups is 1. The summed E-state index contributed by atoms with van der Waals surface area (Å²) in [5.41, 5.74) is 0.424. The highest BCUT2D eigenvalue weighted by Crippen LogP contribution is 2.23. The highest BCUT2D eigenvalue weighted by Gasteiger charge is 2.18. The Labute approximate surface area is 109 Å². The SMILES string of the molecule is CCCCOC(=O)n1cnc2c([N+](=O)[O-])cccc21. The number of unbranched alkanes of at least 4 members (excludes halogenated alkanes) is 1. The summed E-state index contributed by atoms with van der Waals surface area (Å²) in [5.74, 6) is 0. The normalized spacial score (nSPS) is 10.6. The third kappa shape index (κ3) is 2.54. The van der Waals surface area contributed by atoms with Crippen LogP contribution in [-0.4, -0.2) is 27.2 Å². The Morgan fingerprint density at radius 1 is 1.53 bits per heavy atom. The first kappa shape index (κ1) is 13.0. The zero-order chi connectivity index (χ0) is 13.8. The van der Waals surface area contributed by atoms with Crippen molar-refractivity contribution in [2.45, 2.75) is 19.8 Å². The first-order valence-corrected chi connectivity index (χ1v) is 5.92. The molecular weight excluding hydrogens is 250 g/mol. The maximum atomic E-state index is 11.8. The molecule has 0 radical (unpaired) electrons. The van der Waals surface area contributed by atoms with E-state index >= 15 is 0 Å². The first-order chi connectivity index (χ1) is 9.15. The van der Waals surface area contributed by atoms with Gasteiger partial charge in [-0.05, 0) is 12.5 Å². The van der Waals surface area contributed by atoms with Gasteiger partial charge in [0.25, 0.3) is 5.69 Å². The predicted molar refractivity (Wildman–Crippen MR) is 68.0 cm³/mol. The quantitative estimate of drug-likeness (QED) is 0.480. The maximum absolute atomic E-state index is 11.8. The van der Waals surface area contributed by atoms with E-state index in [4.69, 9.17) is 4.74 Å². The van der Waals surface area contributed by atoms with E-state index in [-0.39, 0.29) is 11.2 Å². The largest absolute Gasteiger partial charge is 0.449 e. The Balaban J connectivity index is 2.33. The lowest BCUT2D eigenvalue weighted by atomic mass is 10.3. The number of hydrogen-bond acceptors (Lipinski definition) is 5. The average Bonchev–Trinajstić information content (AvgIpc) is 2.82. The number of benzene rings is 1. The van der Waals surface area contributed by atoms with Gasteiger partial charge >= 0.3 is 6.09 Å². The van der Waals surface area contributed by atoms with Crippen molar-refractivity contribution < 1.29 is 14.5 Å². The smallest absolute Gasteiger partial charge is 0.419 e. The molecule has 0 saturated heterocycles. The van der Waals surface area contributed by atoms with E-state index in [1.165, 1.54) is 23.0 Å². The lowest BCUT2D eigenvalue weighted by molar-refractivity contribution is -0.383. The average molecular weight is 263 g/mol. The zero-order valence-corrected chi connectivity index (χ0v) is 10.4. The topological polar surface area (TPSA) is 87.3 Å². The van der Waals surface area contributed by atoms with E-state index in [1.54, 1.807) is 6.07 Å². The summed E-state index contributed by atoms with van der Waals surface area (Å²) in [6.45, 7) is 2.31. The molecule has 19 heavy (non-hydrogen) atoms. The number of para-hydroxylation sites is 1. The van der Waals surface area contributed by atoms with Crippen LogP contribution in [0.1, 0.15) is 19.8 Å². The fourth-order valence-electron chi connectivity index (χ4n) is 1.69. The Morgan fingerprint density at radius 2 is 2.32 bits per heavy atom. The molecule has 0 aliphatic heterocycles. The van der Waals surface area contributed by atoms with Gasteiger partial charge in [-0.3, -0.25) is 10.1 Å². The minimum absolute atomic E-state index is 0.127. The molecule has 1 aromatic carbocycles. The van der Waals surface area contributed by atoms with E-state index in [0.717, 1.165) is 12.8 Å². The maximum Gasteiger partial charge on any atom is 0.419 e. The Hall–Kier alpha value is -2.44. The van der Waals surface area contributed by atoms with E-state index in [9.17, 15) is 14.9 Å². The molecule has 0 spiro atoms. The lowest BCUT2D eigenvalue weighted by Gasteiger charge is -2.04. The number of fused-ring (bicyclic) bond motifs is 1. The summed E-state index contributed by atoms with van der Waals surface area (Å²) >= 11 is 0. The van der Waals surface area contributed by atoms with Crippen molar-refractivity contribution in [1.29, 1.82) is 0 Å². The molecule has 7 nitrogen and oxygen atoms in total. The number of rotatable bonds is 4. The van der Waals surface area contributed by atoms with Crippen LogP contribution in [0.15, 0.2) is 24.5 Å². The summed E-state index contributed by atoms with van der Waals surface area (Å²) in [6, 6.07) is 4.45. The van der Waals surface area contributed by atoms with Crippen molar-refractivity contribution in [2.24, 2.45) is 0 Å². The van der Waals surface area contributed by atoms with Gasteiger partial charge in [0.15, 0.2) is 5.52 Å². The number of nitro benzene ring substituents is 1. The van der Waals surface area contributed by atoms with E-state index < -0.39 is 11.0 Å². The van der Waals surface area contributed by atoms with Crippen LogP contribution in [0.25, 0.3) is 11.0 Å². The third-order valence-electron chi connectivity index (χ3n) is 2.67. The molecule has 0 amide bonds. The fraction of sp³-hybridized carbons (Fsp3) is 0.333. The predicted octanol–water partition coefficient (Wildman–Crippen LogP) is 2.73. The number of nitro groups is 1. The number of imidazole rings is 1. The van der Waals surface area contributed by atoms with Crippen LogP contribution < -0.4 is 0 Å². The highest BCUT2D eigenvalue weighted by molar-refractivity contribution is 5.91. The Bertz CT molecular complexity index is 620. The minimum Gasteiger partial charge on any atom is -0.449 e. The molecule has 100 valence electrons. The Kier molecular flexibility index (Phi) is 3.74. The summed E-state index contributed by atoms with van der Waals surface area (Å²) in [7, 11) is 0. The standard InChI is InChI=1S/C12H13N3O4/c1-2-3-7-19-12(16)14-8-13-11-9(14)5-4-6-10(11)15(17)18/h4-6,8H,2-3,7H2,1H3. The molecule has 0 atom stereocenters. The molecule has 1 heterocycles. The second-order valence-electron chi connectivity index (χ2n) is 3.98. The molecule has 0 bridgehead atoms. The molecule has 2 aromatic rings. The summed E-state index contributed by atoms with van der Waals surface area (Å²) < 4.78 is 6.23. The molecule has 0 fully saturated rings. The molecule has 0 N–H and O–H groups in total. The van der Waals surface area contributed by atoms with Crippen molar-refractivity contribution in [2.75, 3.05) is 6.61 Å². The minimum atomic E-state index is -0.573. The van der Waals surface area contributed by atoms with Crippen LogP contribution in [0.3, 0.4) is 0 Å². The first-order valence-electron chi connectivity index (χ1n) is 5.92. The van der Waals surface area contributed by atoms with Crippen LogP contribution in [-0.2, 0) is 4.74 Å². The summed E-state index contributed by atoms with van der Waals surface area (Å²) in [6.07, 6.45) is 2.37. The molecule has 0 aliphatic rings. The zero-order valence-electron chi connectivity index (χ0n) is 10.4. The van der Waals surface area contributed by atoms with Gasteiger partial charge in [-0.1, -0.05) is 19.4 Å². The van der Waals surface area contributed by atoms with Crippen LogP contribution in [0.2, 0.25) is 0 Å². The van der Waals surface area contributed by atoms with Gasteiger partial charge in [0.2, 0.25) is 0 Å². The number of nitrogens with zero attached hydrogens (tertiary/aromatic N) is 3. The molecule has 0 aliphatic carbocycles. The molecular formula is C12H13N3O4. The third-order valence-corrected chi connectivity index (χ3v) is 2.67. The van der Waals surface area contributed by atoms with Crippen LogP contribution in [0.5, 0.6) is 0 Å². The van der Waals surface area contributed by atoms with Gasteiger partial charge in [0, 0.05) is 6.07 Å². The molecule has 1 aromatic heterocycles. The van der Waals surface area contributed by atoms with E-state index in [1.807, 2.05) is 6.92 Å². The van der Waals surface area contributed by atoms with Gasteiger partial charge < -0.3 is 4.74 Å². The molecule has 0 unspecified atom stereocenters. The van der Waals surface area contributed by atoms with Crippen molar-refractivity contribution in [3.63, 3.8) is 0 Å². The highest BCUT2D eigenvalue weighted by atomic mass is 16.6. The number of aromatic nitrogens is 2. The van der Waals surface area contributed by atoms with Crippen molar-refractivity contribution in [3.8, 4) is 0 Å². The van der Waals surface area contributed by atoms with Gasteiger partial charge in [0.1, 0.15) is 6.33 Å². The second kappa shape index (κ2) is 5.47. The van der Waals surface area contributed by atoms with Crippen molar-refractivity contribution in [1.82, 2.24) is 9.55 Å². The van der Waals surface area contributed by atoms with Crippen LogP contribution >= 0.6 is 0 Å².